The first-order chi connectivity index (χ1) is 41.8. The van der Waals surface area contributed by atoms with Crippen molar-refractivity contribution in [2.75, 3.05) is 41.7 Å². The Morgan fingerprint density at radius 1 is 0.506 bits per heavy atom. The summed E-state index contributed by atoms with van der Waals surface area (Å²) in [6.07, 6.45) is -0.804. The number of aliphatic hydroxyl groups is 2. The average molecular weight is 1190 g/mol. The largest absolute Gasteiger partial charge is 0.497 e. The van der Waals surface area contributed by atoms with E-state index in [1.165, 1.54) is 21.5 Å². The van der Waals surface area contributed by atoms with Crippen LogP contribution in [0.15, 0.2) is 189 Å². The lowest BCUT2D eigenvalue weighted by Gasteiger charge is -2.37. The van der Waals surface area contributed by atoms with E-state index in [-0.39, 0.29) is 31.8 Å². The Morgan fingerprint density at radius 2 is 0.793 bits per heavy atom. The summed E-state index contributed by atoms with van der Waals surface area (Å²) >= 11 is 0. The van der Waals surface area contributed by atoms with E-state index in [1.807, 2.05) is 172 Å². The number of nitrogens with one attached hydrogen (secondary N) is 2. The first kappa shape index (κ1) is 64.3. The fourth-order valence-electron chi connectivity index (χ4n) is 10.8. The molecule has 0 radical (unpaired) electrons. The maximum absolute atomic E-state index is 12.5. The second-order valence-corrected chi connectivity index (χ2v) is 21.8. The van der Waals surface area contributed by atoms with Crippen molar-refractivity contribution in [1.29, 1.82) is 0 Å². The highest BCUT2D eigenvalue weighted by Gasteiger charge is 2.44. The molecule has 6 aromatic carbocycles. The standard InChI is InChI=1S/2C31H32N2O7.C6H12O/c2*1-20-18-33(30(36)32-29(20)35)28-17-26(34)27(40-28)19-39-31(21-7-5-4-6-8-21,22-9-13-24(37-2)14-10-22)23-11-15-25(38-3)16-12-23;1-5(2)4-6(3)7/h2*4-16,18,26-28,34H,17,19H2,1-3H3,(H,32,35,36);5H,4H2,1-3H3/t2*26-,27+,28+;/m00./s1. The number of rotatable bonds is 20. The van der Waals surface area contributed by atoms with Gasteiger partial charge in [0.25, 0.3) is 11.1 Å². The first-order valence-corrected chi connectivity index (χ1v) is 28.6. The Kier molecular flexibility index (Phi) is 21.5. The molecule has 0 spiro atoms. The van der Waals surface area contributed by atoms with Crippen LogP contribution < -0.4 is 41.4 Å². The van der Waals surface area contributed by atoms with Gasteiger partial charge in [0, 0.05) is 42.8 Å². The van der Waals surface area contributed by atoms with Crippen molar-refractivity contribution in [3.63, 3.8) is 0 Å². The van der Waals surface area contributed by atoms with Gasteiger partial charge in [-0.2, -0.15) is 0 Å². The Bertz CT molecular complexity index is 3420. The van der Waals surface area contributed by atoms with Gasteiger partial charge in [-0.05, 0) is 109 Å². The topological polar surface area (TPSA) is 241 Å². The number of hydrogen-bond donors (Lipinski definition) is 4. The second-order valence-electron chi connectivity index (χ2n) is 21.8. The van der Waals surface area contributed by atoms with Crippen molar-refractivity contribution >= 4 is 5.78 Å². The van der Waals surface area contributed by atoms with Crippen LogP contribution in [-0.2, 0) is 34.9 Å². The van der Waals surface area contributed by atoms with Crippen molar-refractivity contribution < 1.29 is 52.9 Å². The molecule has 87 heavy (non-hydrogen) atoms. The normalized spacial score (nSPS) is 18.2. The van der Waals surface area contributed by atoms with E-state index < -0.39 is 70.6 Å². The molecule has 8 aromatic rings. The van der Waals surface area contributed by atoms with E-state index in [2.05, 4.69) is 9.97 Å². The summed E-state index contributed by atoms with van der Waals surface area (Å²) in [6, 6.07) is 50.3. The van der Waals surface area contributed by atoms with Gasteiger partial charge in [-0.25, -0.2) is 9.59 Å². The maximum Gasteiger partial charge on any atom is 0.330 e. The third-order valence-corrected chi connectivity index (χ3v) is 15.3. The molecule has 2 aromatic heterocycles. The molecule has 0 unspecified atom stereocenters. The molecule has 6 atom stereocenters. The molecule has 10 rings (SSSR count). The number of aryl methyl sites for hydroxylation is 2. The number of Topliss-reactive ketones (excluding diaryl/α,β-unsaturated/α-hetero) is 1. The fraction of sp³-hybridized carbons (Fsp3) is 0.338. The lowest BCUT2D eigenvalue weighted by Crippen LogP contribution is -2.38. The van der Waals surface area contributed by atoms with Gasteiger partial charge in [-0.1, -0.05) is 123 Å². The number of H-pyrrole nitrogens is 2. The highest BCUT2D eigenvalue weighted by atomic mass is 16.6. The number of hydrogen-bond acceptors (Lipinski definition) is 15. The maximum atomic E-state index is 12.5. The predicted octanol–water partition coefficient (Wildman–Crippen LogP) is 8.66. The van der Waals surface area contributed by atoms with Crippen LogP contribution in [0.25, 0.3) is 0 Å². The smallest absolute Gasteiger partial charge is 0.330 e. The molecule has 2 aliphatic heterocycles. The van der Waals surface area contributed by atoms with E-state index in [0.29, 0.717) is 40.0 Å². The fourth-order valence-corrected chi connectivity index (χ4v) is 10.8. The van der Waals surface area contributed by atoms with Crippen LogP contribution in [0.4, 0.5) is 0 Å². The molecule has 19 nitrogen and oxygen atoms in total. The molecule has 2 fully saturated rings. The molecule has 19 heteroatoms. The molecule has 0 saturated carbocycles. The van der Waals surface area contributed by atoms with Crippen LogP contribution in [0.3, 0.4) is 0 Å². The van der Waals surface area contributed by atoms with Gasteiger partial charge in [-0.3, -0.25) is 28.7 Å². The summed E-state index contributed by atoms with van der Waals surface area (Å²) in [5.74, 6) is 3.64. The molecule has 0 bridgehead atoms. The quantitative estimate of drug-likeness (QED) is 0.0522. The average Bonchev–Trinajstić information content (AvgIpc) is 2.12. The number of carbonyl (C=O) groups excluding carboxylic acids is 1. The second kappa shape index (κ2) is 29.1. The SMILES string of the molecule is CC(=O)CC(C)C.COc1ccc(C(OC[C@H]2O[C@@H](n3cc(C)c(=O)[nH]c3=O)C[C@@H]2O)(c2ccccc2)c2ccc(OC)cc2)cc1.COc1ccc(C(OC[C@H]2O[C@@H](n3cc(C)c(=O)[nH]c3=O)C[C@@H]2O)(c2ccccc2)c2ccc(OC)cc2)cc1. The monoisotopic (exact) mass is 1190 g/mol. The number of aliphatic hydroxyl groups excluding tert-OH is 2. The lowest BCUT2D eigenvalue weighted by atomic mass is 9.80. The van der Waals surface area contributed by atoms with E-state index >= 15 is 0 Å². The van der Waals surface area contributed by atoms with E-state index in [0.717, 1.165) is 39.8 Å². The van der Waals surface area contributed by atoms with Gasteiger partial charge in [0.1, 0.15) is 64.6 Å². The summed E-state index contributed by atoms with van der Waals surface area (Å²) < 4.78 is 50.1. The minimum absolute atomic E-state index is 0.0156. The Labute approximate surface area is 504 Å². The number of ketones is 1. The van der Waals surface area contributed by atoms with Crippen molar-refractivity contribution in [2.45, 2.75) is 102 Å². The minimum atomic E-state index is -1.08. The van der Waals surface area contributed by atoms with E-state index in [9.17, 15) is 34.2 Å². The first-order valence-electron chi connectivity index (χ1n) is 28.6. The third kappa shape index (κ3) is 14.9. The number of aromatic nitrogens is 4. The number of benzene rings is 6. The number of nitrogens with zero attached hydrogens (tertiary/aromatic N) is 2. The van der Waals surface area contributed by atoms with Crippen LogP contribution in [0, 0.1) is 19.8 Å². The minimum Gasteiger partial charge on any atom is -0.497 e. The Hall–Kier alpha value is -8.69. The molecule has 2 aliphatic rings. The number of ether oxygens (including phenoxy) is 8. The molecular weight excluding hydrogens is 1110 g/mol. The van der Waals surface area contributed by atoms with Crippen LogP contribution in [0.5, 0.6) is 23.0 Å². The number of carbonyl (C=O) groups is 1. The summed E-state index contributed by atoms with van der Waals surface area (Å²) in [4.78, 5) is 63.4. The number of methoxy groups -OCH3 is 4. The summed E-state index contributed by atoms with van der Waals surface area (Å²) in [5, 5.41) is 21.9. The molecule has 0 aliphatic carbocycles. The summed E-state index contributed by atoms with van der Waals surface area (Å²) in [7, 11) is 6.46. The number of aromatic amines is 2. The Morgan fingerprint density at radius 3 is 1.05 bits per heavy atom. The van der Waals surface area contributed by atoms with Crippen molar-refractivity contribution in [3.05, 3.63) is 256 Å². The molecule has 4 heterocycles. The summed E-state index contributed by atoms with van der Waals surface area (Å²) in [6.45, 7) is 8.96. The zero-order chi connectivity index (χ0) is 62.4. The van der Waals surface area contributed by atoms with Gasteiger partial charge in [-0.15, -0.1) is 0 Å². The lowest BCUT2D eigenvalue weighted by molar-refractivity contribution is -0.117. The molecule has 2 saturated heterocycles. The molecular formula is C68H76N4O15. The molecule has 0 amide bonds. The van der Waals surface area contributed by atoms with Crippen LogP contribution in [0.2, 0.25) is 0 Å². The zero-order valence-electron chi connectivity index (χ0n) is 50.3. The molecule has 458 valence electrons. The van der Waals surface area contributed by atoms with Crippen molar-refractivity contribution in [1.82, 2.24) is 19.1 Å². The van der Waals surface area contributed by atoms with Gasteiger partial charge in [0.05, 0.1) is 53.9 Å². The highest BCUT2D eigenvalue weighted by molar-refractivity contribution is 5.75. The highest BCUT2D eigenvalue weighted by Crippen LogP contribution is 2.45. The van der Waals surface area contributed by atoms with Gasteiger partial charge in [0.15, 0.2) is 0 Å². The third-order valence-electron chi connectivity index (χ3n) is 15.3. The predicted molar refractivity (Wildman–Crippen MR) is 328 cm³/mol. The van der Waals surface area contributed by atoms with Crippen molar-refractivity contribution in [3.8, 4) is 23.0 Å². The van der Waals surface area contributed by atoms with Gasteiger partial charge < -0.3 is 52.9 Å². The van der Waals surface area contributed by atoms with E-state index in [4.69, 9.17) is 37.9 Å². The summed E-state index contributed by atoms with van der Waals surface area (Å²) in [5.41, 5.74) is 1.65. The van der Waals surface area contributed by atoms with Crippen LogP contribution >= 0.6 is 0 Å². The van der Waals surface area contributed by atoms with Gasteiger partial charge >= 0.3 is 11.4 Å². The van der Waals surface area contributed by atoms with Crippen LogP contribution in [0.1, 0.15) is 97.0 Å². The zero-order valence-corrected chi connectivity index (χ0v) is 50.3. The Balaban J connectivity index is 0.000000203. The van der Waals surface area contributed by atoms with Crippen molar-refractivity contribution in [2.24, 2.45) is 5.92 Å². The van der Waals surface area contributed by atoms with Crippen LogP contribution in [-0.4, -0.2) is 101 Å². The van der Waals surface area contributed by atoms with Gasteiger partial charge in [0.2, 0.25) is 0 Å². The molecule has 4 N–H and O–H groups in total. The van der Waals surface area contributed by atoms with E-state index in [1.54, 1.807) is 49.2 Å².